The summed E-state index contributed by atoms with van der Waals surface area (Å²) in [6.07, 6.45) is 4.13. The molecular formula is C19H26FN3O2. The second-order valence-corrected chi connectivity index (χ2v) is 7.05. The van der Waals surface area contributed by atoms with Gasteiger partial charge in [-0.25, -0.2) is 4.39 Å². The first kappa shape index (κ1) is 17.9. The maximum absolute atomic E-state index is 13.3. The normalized spacial score (nSPS) is 23.5. The summed E-state index contributed by atoms with van der Waals surface area (Å²) in [6.45, 7) is 2.92. The number of amides is 2. The highest BCUT2D eigenvalue weighted by molar-refractivity contribution is 5.82. The molecule has 0 aromatic heterocycles. The minimum Gasteiger partial charge on any atom is -0.354 e. The van der Waals surface area contributed by atoms with Crippen molar-refractivity contribution >= 4 is 11.8 Å². The van der Waals surface area contributed by atoms with Crippen LogP contribution in [0.5, 0.6) is 0 Å². The van der Waals surface area contributed by atoms with Gasteiger partial charge in [-0.05, 0) is 55.8 Å². The van der Waals surface area contributed by atoms with Gasteiger partial charge in [-0.1, -0.05) is 12.1 Å². The van der Waals surface area contributed by atoms with Gasteiger partial charge in [-0.3, -0.25) is 9.59 Å². The number of likely N-dealkylation sites (tertiary alicyclic amines) is 1. The topological polar surface area (TPSA) is 61.4 Å². The van der Waals surface area contributed by atoms with E-state index in [9.17, 15) is 14.0 Å². The third-order valence-corrected chi connectivity index (χ3v) is 5.06. The lowest BCUT2D eigenvalue weighted by atomic mass is 9.97. The maximum atomic E-state index is 13.3. The predicted octanol–water partition coefficient (Wildman–Crippen LogP) is 1.47. The van der Waals surface area contributed by atoms with Crippen LogP contribution in [0, 0.1) is 11.7 Å². The number of piperidine rings is 1. The Labute approximate surface area is 148 Å². The standard InChI is InChI=1S/C19H26FN3O2/c20-16-6-1-4-14(10-16)11-18(24)23-9-3-5-15(13-23)12-22-19(25)17-7-2-8-21-17/h1,4,6,10,15,17,21H,2-3,5,7-9,11-13H2,(H,22,25)/t15-,17-/m0/s1. The monoisotopic (exact) mass is 347 g/mol. The van der Waals surface area contributed by atoms with Gasteiger partial charge >= 0.3 is 0 Å². The quantitative estimate of drug-likeness (QED) is 0.848. The van der Waals surface area contributed by atoms with E-state index in [-0.39, 0.29) is 36.0 Å². The summed E-state index contributed by atoms with van der Waals surface area (Å²) < 4.78 is 13.3. The highest BCUT2D eigenvalue weighted by Gasteiger charge is 2.26. The molecular weight excluding hydrogens is 321 g/mol. The number of halogens is 1. The maximum Gasteiger partial charge on any atom is 0.237 e. The minimum atomic E-state index is -0.315. The molecule has 0 bridgehead atoms. The number of nitrogens with one attached hydrogen (secondary N) is 2. The van der Waals surface area contributed by atoms with Gasteiger partial charge in [-0.2, -0.15) is 0 Å². The van der Waals surface area contributed by atoms with Crippen LogP contribution in [0.25, 0.3) is 0 Å². The van der Waals surface area contributed by atoms with E-state index in [2.05, 4.69) is 10.6 Å². The first-order valence-electron chi connectivity index (χ1n) is 9.15. The van der Waals surface area contributed by atoms with Gasteiger partial charge in [0.1, 0.15) is 5.82 Å². The molecule has 0 unspecified atom stereocenters. The summed E-state index contributed by atoms with van der Waals surface area (Å²) in [5.41, 5.74) is 0.702. The number of hydrogen-bond acceptors (Lipinski definition) is 3. The Kier molecular flexibility index (Phi) is 6.02. The Balaban J connectivity index is 1.47. The van der Waals surface area contributed by atoms with Crippen molar-refractivity contribution in [3.8, 4) is 0 Å². The number of benzene rings is 1. The Morgan fingerprint density at radius 2 is 2.16 bits per heavy atom. The number of rotatable bonds is 5. The van der Waals surface area contributed by atoms with Crippen molar-refractivity contribution in [3.63, 3.8) is 0 Å². The minimum absolute atomic E-state index is 0.0269. The second-order valence-electron chi connectivity index (χ2n) is 7.05. The molecule has 0 aliphatic carbocycles. The molecule has 3 rings (SSSR count). The lowest BCUT2D eigenvalue weighted by Gasteiger charge is -2.33. The molecule has 1 aromatic carbocycles. The van der Waals surface area contributed by atoms with Crippen LogP contribution in [0.2, 0.25) is 0 Å². The lowest BCUT2D eigenvalue weighted by Crippen LogP contribution is -2.47. The average molecular weight is 347 g/mol. The second kappa shape index (κ2) is 8.43. The van der Waals surface area contributed by atoms with Crippen LogP contribution < -0.4 is 10.6 Å². The Bertz CT molecular complexity index is 616. The average Bonchev–Trinajstić information content (AvgIpc) is 3.15. The Morgan fingerprint density at radius 1 is 1.28 bits per heavy atom. The SMILES string of the molecule is O=C(NC[C@@H]1CCCN(C(=O)Cc2cccc(F)c2)C1)[C@@H]1CCCN1. The number of carbonyl (C=O) groups excluding carboxylic acids is 2. The fraction of sp³-hybridized carbons (Fsp3) is 0.579. The van der Waals surface area contributed by atoms with E-state index in [1.54, 1.807) is 12.1 Å². The van der Waals surface area contributed by atoms with Crippen LogP contribution >= 0.6 is 0 Å². The van der Waals surface area contributed by atoms with Gasteiger partial charge in [0.25, 0.3) is 0 Å². The molecule has 0 saturated carbocycles. The lowest BCUT2D eigenvalue weighted by molar-refractivity contribution is -0.132. The zero-order valence-electron chi connectivity index (χ0n) is 14.5. The van der Waals surface area contributed by atoms with Gasteiger partial charge in [-0.15, -0.1) is 0 Å². The van der Waals surface area contributed by atoms with Gasteiger partial charge in [0.2, 0.25) is 11.8 Å². The summed E-state index contributed by atoms with van der Waals surface area (Å²) in [6, 6.07) is 6.14. The highest BCUT2D eigenvalue weighted by atomic mass is 19.1. The van der Waals surface area contributed by atoms with Crippen LogP contribution in [-0.4, -0.2) is 48.9 Å². The van der Waals surface area contributed by atoms with Crippen molar-refractivity contribution in [1.29, 1.82) is 0 Å². The van der Waals surface area contributed by atoms with Crippen molar-refractivity contribution in [2.45, 2.75) is 38.1 Å². The van der Waals surface area contributed by atoms with E-state index < -0.39 is 0 Å². The predicted molar refractivity (Wildman–Crippen MR) is 93.4 cm³/mol. The van der Waals surface area contributed by atoms with Gasteiger partial charge in [0, 0.05) is 19.6 Å². The third-order valence-electron chi connectivity index (χ3n) is 5.06. The molecule has 0 radical (unpaired) electrons. The molecule has 0 spiro atoms. The zero-order chi connectivity index (χ0) is 17.6. The van der Waals surface area contributed by atoms with E-state index >= 15 is 0 Å². The van der Waals surface area contributed by atoms with Crippen molar-refractivity contribution < 1.29 is 14.0 Å². The molecule has 2 aliphatic rings. The molecule has 136 valence electrons. The molecule has 2 amide bonds. The van der Waals surface area contributed by atoms with Gasteiger partial charge < -0.3 is 15.5 Å². The molecule has 2 aliphatic heterocycles. The van der Waals surface area contributed by atoms with Crippen molar-refractivity contribution in [2.24, 2.45) is 5.92 Å². The molecule has 1 aromatic rings. The molecule has 2 heterocycles. The largest absolute Gasteiger partial charge is 0.354 e. The smallest absolute Gasteiger partial charge is 0.237 e. The Morgan fingerprint density at radius 3 is 2.92 bits per heavy atom. The molecule has 2 N–H and O–H groups in total. The highest BCUT2D eigenvalue weighted by Crippen LogP contribution is 2.17. The number of nitrogens with zero attached hydrogens (tertiary/aromatic N) is 1. The van der Waals surface area contributed by atoms with Crippen LogP contribution in [0.4, 0.5) is 4.39 Å². The van der Waals surface area contributed by atoms with E-state index in [1.165, 1.54) is 12.1 Å². The summed E-state index contributed by atoms with van der Waals surface area (Å²) in [5, 5.41) is 6.22. The van der Waals surface area contributed by atoms with Crippen molar-refractivity contribution in [1.82, 2.24) is 15.5 Å². The first-order valence-corrected chi connectivity index (χ1v) is 9.15. The molecule has 5 nitrogen and oxygen atoms in total. The molecule has 25 heavy (non-hydrogen) atoms. The van der Waals surface area contributed by atoms with Crippen LogP contribution in [-0.2, 0) is 16.0 Å². The van der Waals surface area contributed by atoms with Crippen LogP contribution in [0.3, 0.4) is 0 Å². The molecule has 2 fully saturated rings. The fourth-order valence-corrected chi connectivity index (χ4v) is 3.67. The first-order chi connectivity index (χ1) is 12.1. The van der Waals surface area contributed by atoms with Crippen LogP contribution in [0.1, 0.15) is 31.2 Å². The zero-order valence-corrected chi connectivity index (χ0v) is 14.5. The summed E-state index contributed by atoms with van der Waals surface area (Å²) in [4.78, 5) is 26.4. The molecule has 2 atom stereocenters. The summed E-state index contributed by atoms with van der Waals surface area (Å²) >= 11 is 0. The summed E-state index contributed by atoms with van der Waals surface area (Å²) in [5.74, 6) is 0.0698. The Hall–Kier alpha value is -1.95. The molecule has 2 saturated heterocycles. The van der Waals surface area contributed by atoms with Crippen molar-refractivity contribution in [3.05, 3.63) is 35.6 Å². The number of carbonyl (C=O) groups is 2. The van der Waals surface area contributed by atoms with E-state index in [0.29, 0.717) is 18.7 Å². The fourth-order valence-electron chi connectivity index (χ4n) is 3.67. The van der Waals surface area contributed by atoms with E-state index in [1.807, 2.05) is 4.90 Å². The van der Waals surface area contributed by atoms with Gasteiger partial charge in [0.15, 0.2) is 0 Å². The van der Waals surface area contributed by atoms with E-state index in [0.717, 1.165) is 38.8 Å². The summed E-state index contributed by atoms with van der Waals surface area (Å²) in [7, 11) is 0. The third kappa shape index (κ3) is 5.01. The van der Waals surface area contributed by atoms with E-state index in [4.69, 9.17) is 0 Å². The van der Waals surface area contributed by atoms with Crippen LogP contribution in [0.15, 0.2) is 24.3 Å². The van der Waals surface area contributed by atoms with Crippen molar-refractivity contribution in [2.75, 3.05) is 26.2 Å². The van der Waals surface area contributed by atoms with Gasteiger partial charge in [0.05, 0.1) is 12.5 Å². The molecule has 6 heteroatoms. The number of hydrogen-bond donors (Lipinski definition) is 2.